The van der Waals surface area contributed by atoms with Crippen LogP contribution in [-0.2, 0) is 6.42 Å². The Bertz CT molecular complexity index is 1830. The van der Waals surface area contributed by atoms with Crippen LogP contribution in [0, 0.1) is 12.7 Å². The number of para-hydroxylation sites is 1. The van der Waals surface area contributed by atoms with Gasteiger partial charge in [0.15, 0.2) is 11.6 Å². The molecule has 0 bridgehead atoms. The molecule has 3 aromatic carbocycles. The summed E-state index contributed by atoms with van der Waals surface area (Å²) in [6.07, 6.45) is -0.255. The van der Waals surface area contributed by atoms with Crippen molar-refractivity contribution < 1.29 is 27.8 Å². The number of H-pyrrole nitrogens is 1. The molecule has 1 saturated heterocycles. The second-order valence-electron chi connectivity index (χ2n) is 11.1. The molecular formula is C33H32F3N5O3. The van der Waals surface area contributed by atoms with Crippen LogP contribution >= 0.6 is 0 Å². The van der Waals surface area contributed by atoms with Crippen LogP contribution in [-0.4, -0.2) is 51.3 Å². The number of alkyl halides is 2. The number of rotatable bonds is 9. The monoisotopic (exact) mass is 603 g/mol. The molecule has 0 radical (unpaired) electrons. The maximum atomic E-state index is 14.0. The van der Waals surface area contributed by atoms with Gasteiger partial charge in [0.1, 0.15) is 11.6 Å². The van der Waals surface area contributed by atoms with Gasteiger partial charge in [-0.25, -0.2) is 17.9 Å². The molecule has 2 aromatic heterocycles. The number of nitrogen functional groups attached to an aromatic ring is 1. The highest BCUT2D eigenvalue weighted by Gasteiger charge is 2.24. The number of nitrogens with one attached hydrogen (secondary N) is 1. The molecule has 0 atom stereocenters. The molecule has 4 N–H and O–H groups in total. The predicted molar refractivity (Wildman–Crippen MR) is 163 cm³/mol. The zero-order valence-electron chi connectivity index (χ0n) is 24.1. The van der Waals surface area contributed by atoms with E-state index in [9.17, 15) is 23.1 Å². The minimum atomic E-state index is -2.43. The SMILES string of the molecule is Cc1cc(Oc2ccccc2F)ccc1-n1ncc(C(=O)c2cc3cc(CCC(F)F)c(N4CCC(O)CC4)cc3[nH]2)c1N. The lowest BCUT2D eigenvalue weighted by Gasteiger charge is -2.33. The number of aliphatic hydroxyl groups is 1. The van der Waals surface area contributed by atoms with Crippen LogP contribution in [0.2, 0.25) is 0 Å². The molecule has 0 amide bonds. The number of aromatic amines is 1. The molecule has 44 heavy (non-hydrogen) atoms. The number of aryl methyl sites for hydroxylation is 2. The van der Waals surface area contributed by atoms with Gasteiger partial charge in [0.2, 0.25) is 12.2 Å². The molecule has 0 unspecified atom stereocenters. The molecule has 228 valence electrons. The van der Waals surface area contributed by atoms with Crippen LogP contribution in [0.25, 0.3) is 16.6 Å². The Morgan fingerprint density at radius 2 is 1.89 bits per heavy atom. The smallest absolute Gasteiger partial charge is 0.239 e. The van der Waals surface area contributed by atoms with E-state index in [1.807, 2.05) is 19.1 Å². The molecule has 11 heteroatoms. The average molecular weight is 604 g/mol. The molecule has 1 aliphatic heterocycles. The third kappa shape index (κ3) is 5.87. The van der Waals surface area contributed by atoms with Crippen LogP contribution < -0.4 is 15.4 Å². The van der Waals surface area contributed by atoms with Gasteiger partial charge in [-0.15, -0.1) is 0 Å². The molecule has 6 rings (SSSR count). The van der Waals surface area contributed by atoms with Crippen molar-refractivity contribution in [1.29, 1.82) is 0 Å². The van der Waals surface area contributed by atoms with Gasteiger partial charge in [-0.2, -0.15) is 5.10 Å². The molecule has 1 fully saturated rings. The summed E-state index contributed by atoms with van der Waals surface area (Å²) in [6.45, 7) is 3.06. The fourth-order valence-electron chi connectivity index (χ4n) is 5.66. The third-order valence-electron chi connectivity index (χ3n) is 8.01. The Hall–Kier alpha value is -4.77. The first-order chi connectivity index (χ1) is 21.2. The number of carbonyl (C=O) groups excluding carboxylic acids is 1. The van der Waals surface area contributed by atoms with Crippen LogP contribution in [0.1, 0.15) is 46.4 Å². The Morgan fingerprint density at radius 1 is 1.11 bits per heavy atom. The van der Waals surface area contributed by atoms with Crippen LogP contribution in [0.4, 0.5) is 24.7 Å². The standard InChI is InChI=1S/C33H32F3N5O3/c1-19-14-23(44-30-5-3-2-4-25(30)34)7-8-28(19)41-33(37)24(18-38-41)32(43)27-16-21-15-20(6-9-31(35)36)29(17-26(21)39-27)40-12-10-22(42)11-13-40/h2-5,7-8,14-18,22,31,39,42H,6,9-13,37H2,1H3. The molecule has 3 heterocycles. The van der Waals surface area contributed by atoms with Crippen LogP contribution in [0.3, 0.4) is 0 Å². The topological polar surface area (TPSA) is 109 Å². The van der Waals surface area contributed by atoms with Crippen LogP contribution in [0.15, 0.2) is 66.9 Å². The van der Waals surface area contributed by atoms with E-state index < -0.39 is 12.2 Å². The number of benzene rings is 3. The van der Waals surface area contributed by atoms with E-state index in [4.69, 9.17) is 10.5 Å². The van der Waals surface area contributed by atoms with E-state index in [1.165, 1.54) is 23.0 Å². The number of anilines is 2. The summed E-state index contributed by atoms with van der Waals surface area (Å²) >= 11 is 0. The van der Waals surface area contributed by atoms with Crippen molar-refractivity contribution >= 4 is 28.2 Å². The molecule has 0 aliphatic carbocycles. The normalized spacial score (nSPS) is 14.1. The summed E-state index contributed by atoms with van der Waals surface area (Å²) in [4.78, 5) is 18.9. The Labute approximate surface area is 251 Å². The van der Waals surface area contributed by atoms with Crippen molar-refractivity contribution in [3.8, 4) is 17.2 Å². The van der Waals surface area contributed by atoms with Crippen molar-refractivity contribution in [2.24, 2.45) is 0 Å². The fourth-order valence-corrected chi connectivity index (χ4v) is 5.66. The number of carbonyl (C=O) groups is 1. The van der Waals surface area contributed by atoms with Gasteiger partial charge in [-0.05, 0) is 85.8 Å². The average Bonchev–Trinajstić information content (AvgIpc) is 3.60. The number of aliphatic hydroxyl groups excluding tert-OH is 1. The molecule has 0 spiro atoms. The highest BCUT2D eigenvalue weighted by atomic mass is 19.3. The van der Waals surface area contributed by atoms with E-state index in [1.54, 1.807) is 36.4 Å². The zero-order valence-corrected chi connectivity index (χ0v) is 24.1. The quantitative estimate of drug-likeness (QED) is 0.165. The Balaban J connectivity index is 1.27. The fraction of sp³-hybridized carbons (Fsp3) is 0.273. The van der Waals surface area contributed by atoms with Gasteiger partial charge in [0.25, 0.3) is 0 Å². The summed E-state index contributed by atoms with van der Waals surface area (Å²) in [7, 11) is 0. The number of ether oxygens (including phenoxy) is 1. The van der Waals surface area contributed by atoms with E-state index >= 15 is 0 Å². The molecule has 0 saturated carbocycles. The maximum absolute atomic E-state index is 14.0. The first-order valence-corrected chi connectivity index (χ1v) is 14.5. The molecule has 5 aromatic rings. The first kappa shape index (κ1) is 29.3. The van der Waals surface area contributed by atoms with Gasteiger partial charge in [0, 0.05) is 36.1 Å². The lowest BCUT2D eigenvalue weighted by Crippen LogP contribution is -2.36. The number of ketones is 1. The Morgan fingerprint density at radius 3 is 2.61 bits per heavy atom. The number of nitrogens with two attached hydrogens (primary N) is 1. The number of hydrogen-bond acceptors (Lipinski definition) is 6. The van der Waals surface area contributed by atoms with E-state index in [0.717, 1.165) is 22.2 Å². The molecule has 1 aliphatic rings. The number of fused-ring (bicyclic) bond motifs is 1. The molecule has 8 nitrogen and oxygen atoms in total. The summed E-state index contributed by atoms with van der Waals surface area (Å²) in [5, 5.41) is 15.0. The number of nitrogens with zero attached hydrogens (tertiary/aromatic N) is 3. The summed E-state index contributed by atoms with van der Waals surface area (Å²) < 4.78 is 47.4. The highest BCUT2D eigenvalue weighted by Crippen LogP contribution is 2.33. The zero-order chi connectivity index (χ0) is 31.0. The van der Waals surface area contributed by atoms with Gasteiger partial charge in [-0.3, -0.25) is 4.79 Å². The van der Waals surface area contributed by atoms with E-state index in [0.29, 0.717) is 48.6 Å². The number of halogens is 3. The van der Waals surface area contributed by atoms with Crippen molar-refractivity contribution in [2.75, 3.05) is 23.7 Å². The highest BCUT2D eigenvalue weighted by molar-refractivity contribution is 6.12. The Kier molecular flexibility index (Phi) is 8.05. The number of piperidine rings is 1. The van der Waals surface area contributed by atoms with Gasteiger partial charge >= 0.3 is 0 Å². The second-order valence-corrected chi connectivity index (χ2v) is 11.1. The number of aromatic nitrogens is 3. The lowest BCUT2D eigenvalue weighted by molar-refractivity contribution is 0.103. The largest absolute Gasteiger partial charge is 0.454 e. The second kappa shape index (κ2) is 12.1. The summed E-state index contributed by atoms with van der Waals surface area (Å²) in [5.74, 6) is -0.154. The maximum Gasteiger partial charge on any atom is 0.239 e. The van der Waals surface area contributed by atoms with E-state index in [2.05, 4.69) is 15.0 Å². The number of hydrogen-bond donors (Lipinski definition) is 3. The summed E-state index contributed by atoms with van der Waals surface area (Å²) in [6, 6.07) is 16.7. The molecular weight excluding hydrogens is 571 g/mol. The van der Waals surface area contributed by atoms with Gasteiger partial charge in [-0.1, -0.05) is 12.1 Å². The minimum Gasteiger partial charge on any atom is -0.454 e. The summed E-state index contributed by atoms with van der Waals surface area (Å²) in [5.41, 5.74) is 10.6. The van der Waals surface area contributed by atoms with Crippen molar-refractivity contribution in [1.82, 2.24) is 14.8 Å². The van der Waals surface area contributed by atoms with Crippen molar-refractivity contribution in [3.63, 3.8) is 0 Å². The van der Waals surface area contributed by atoms with Crippen molar-refractivity contribution in [3.05, 3.63) is 95.1 Å². The van der Waals surface area contributed by atoms with Gasteiger partial charge < -0.3 is 25.5 Å². The predicted octanol–water partition coefficient (Wildman–Crippen LogP) is 6.57. The van der Waals surface area contributed by atoms with Crippen molar-refractivity contribution in [2.45, 2.75) is 45.1 Å². The first-order valence-electron chi connectivity index (χ1n) is 14.5. The third-order valence-corrected chi connectivity index (χ3v) is 8.01. The lowest BCUT2D eigenvalue weighted by atomic mass is 10.0. The van der Waals surface area contributed by atoms with Crippen LogP contribution in [0.5, 0.6) is 11.5 Å². The minimum absolute atomic E-state index is 0.104. The van der Waals surface area contributed by atoms with E-state index in [-0.39, 0.29) is 41.9 Å². The van der Waals surface area contributed by atoms with Gasteiger partial charge in [0.05, 0.1) is 29.2 Å².